The predicted octanol–water partition coefficient (Wildman–Crippen LogP) is 3.05. The van der Waals surface area contributed by atoms with Crippen LogP contribution < -0.4 is 5.32 Å². The van der Waals surface area contributed by atoms with Crippen LogP contribution >= 0.6 is 0 Å². The maximum atomic E-state index is 14.6. The van der Waals surface area contributed by atoms with Crippen molar-refractivity contribution in [2.24, 2.45) is 0 Å². The molecule has 0 aliphatic carbocycles. The molecule has 1 aromatic heterocycles. The largest absolute Gasteiger partial charge is 0.335 e. The second kappa shape index (κ2) is 4.63. The van der Waals surface area contributed by atoms with Gasteiger partial charge in [-0.25, -0.2) is 4.39 Å². The van der Waals surface area contributed by atoms with Crippen molar-refractivity contribution < 1.29 is 8.91 Å². The Morgan fingerprint density at radius 2 is 2.00 bits per heavy atom. The van der Waals surface area contributed by atoms with Crippen molar-refractivity contribution in [2.75, 3.05) is 13.1 Å². The van der Waals surface area contributed by atoms with Gasteiger partial charge in [-0.2, -0.15) is 4.98 Å². The van der Waals surface area contributed by atoms with Gasteiger partial charge in [0.25, 0.3) is 5.89 Å². The van der Waals surface area contributed by atoms with Crippen molar-refractivity contribution in [1.82, 2.24) is 15.5 Å². The van der Waals surface area contributed by atoms with Gasteiger partial charge in [0.1, 0.15) is 0 Å². The molecule has 1 unspecified atom stereocenters. The van der Waals surface area contributed by atoms with Crippen molar-refractivity contribution in [3.63, 3.8) is 0 Å². The van der Waals surface area contributed by atoms with E-state index in [9.17, 15) is 4.39 Å². The molecule has 0 saturated carbocycles. The first-order valence-electron chi connectivity index (χ1n) is 6.98. The lowest BCUT2D eigenvalue weighted by atomic mass is 10.0. The second-order valence-electron chi connectivity index (χ2n) is 5.34. The highest BCUT2D eigenvalue weighted by Crippen LogP contribution is 2.33. The van der Waals surface area contributed by atoms with Crippen LogP contribution in [0.4, 0.5) is 4.39 Å². The van der Waals surface area contributed by atoms with Crippen molar-refractivity contribution in [3.05, 3.63) is 48.4 Å². The van der Waals surface area contributed by atoms with E-state index < -0.39 is 5.67 Å². The van der Waals surface area contributed by atoms with Gasteiger partial charge >= 0.3 is 0 Å². The first-order valence-corrected chi connectivity index (χ1v) is 6.98. The Bertz CT molecular complexity index is 788. The SMILES string of the molecule is FC1(c2nc(-c3cccc4ccccc34)no2)CCNC1. The van der Waals surface area contributed by atoms with Gasteiger partial charge in [-0.1, -0.05) is 47.6 Å². The van der Waals surface area contributed by atoms with Crippen LogP contribution in [0.25, 0.3) is 22.2 Å². The minimum absolute atomic E-state index is 0.0652. The van der Waals surface area contributed by atoms with Crippen LogP contribution in [0, 0.1) is 0 Å². The molecule has 1 fully saturated rings. The Balaban J connectivity index is 1.81. The molecule has 4 nitrogen and oxygen atoms in total. The van der Waals surface area contributed by atoms with Gasteiger partial charge in [-0.05, 0) is 17.3 Å². The number of nitrogens with zero attached hydrogens (tertiary/aromatic N) is 2. The van der Waals surface area contributed by atoms with Gasteiger partial charge in [0.05, 0.1) is 0 Å². The molecule has 2 heterocycles. The lowest BCUT2D eigenvalue weighted by Crippen LogP contribution is -2.23. The number of nitrogens with one attached hydrogen (secondary N) is 1. The molecule has 5 heteroatoms. The molecule has 1 saturated heterocycles. The molecule has 0 bridgehead atoms. The summed E-state index contributed by atoms with van der Waals surface area (Å²) in [5.74, 6) is 0.501. The van der Waals surface area contributed by atoms with Crippen LogP contribution in [0.15, 0.2) is 47.0 Å². The minimum atomic E-state index is -1.55. The summed E-state index contributed by atoms with van der Waals surface area (Å²) >= 11 is 0. The van der Waals surface area contributed by atoms with Crippen LogP contribution in [-0.2, 0) is 5.67 Å². The molecule has 0 amide bonds. The Labute approximate surface area is 121 Å². The standard InChI is InChI=1S/C16H14FN3O/c17-16(8-9-18-10-16)15-19-14(20-21-15)13-7-3-5-11-4-1-2-6-12(11)13/h1-7,18H,8-10H2. The third kappa shape index (κ3) is 2.01. The summed E-state index contributed by atoms with van der Waals surface area (Å²) in [5.41, 5.74) is -0.687. The molecule has 4 rings (SSSR count). The first kappa shape index (κ1) is 12.5. The van der Waals surface area contributed by atoms with Crippen molar-refractivity contribution in [2.45, 2.75) is 12.1 Å². The highest BCUT2D eigenvalue weighted by atomic mass is 19.1. The monoisotopic (exact) mass is 283 g/mol. The van der Waals surface area contributed by atoms with E-state index in [2.05, 4.69) is 15.5 Å². The van der Waals surface area contributed by atoms with Gasteiger partial charge in [-0.3, -0.25) is 0 Å². The summed E-state index contributed by atoms with van der Waals surface area (Å²) in [7, 11) is 0. The molecular formula is C16H14FN3O. The molecule has 1 aliphatic heterocycles. The number of hydrogen-bond acceptors (Lipinski definition) is 4. The third-order valence-corrected chi connectivity index (χ3v) is 3.94. The summed E-state index contributed by atoms with van der Waals surface area (Å²) in [5, 5.41) is 9.09. The molecule has 1 atom stereocenters. The summed E-state index contributed by atoms with van der Waals surface area (Å²) in [6, 6.07) is 13.9. The van der Waals surface area contributed by atoms with Crippen LogP contribution in [0.5, 0.6) is 0 Å². The maximum absolute atomic E-state index is 14.6. The average Bonchev–Trinajstić information content (AvgIpc) is 3.16. The number of halogens is 1. The van der Waals surface area contributed by atoms with Crippen molar-refractivity contribution >= 4 is 10.8 Å². The zero-order chi connectivity index (χ0) is 14.3. The number of benzene rings is 2. The quantitative estimate of drug-likeness (QED) is 0.785. The molecule has 0 spiro atoms. The molecule has 1 aliphatic rings. The van der Waals surface area contributed by atoms with Crippen LogP contribution in [0.2, 0.25) is 0 Å². The van der Waals surface area contributed by atoms with E-state index in [1.54, 1.807) is 0 Å². The van der Waals surface area contributed by atoms with Crippen molar-refractivity contribution in [1.29, 1.82) is 0 Å². The fourth-order valence-corrected chi connectivity index (χ4v) is 2.78. The predicted molar refractivity (Wildman–Crippen MR) is 77.5 cm³/mol. The van der Waals surface area contributed by atoms with Gasteiger partial charge < -0.3 is 9.84 Å². The van der Waals surface area contributed by atoms with Gasteiger partial charge in [-0.15, -0.1) is 0 Å². The molecule has 3 aromatic rings. The molecule has 2 aromatic carbocycles. The maximum Gasteiger partial charge on any atom is 0.266 e. The van der Waals surface area contributed by atoms with Gasteiger partial charge in [0.15, 0.2) is 0 Å². The summed E-state index contributed by atoms with van der Waals surface area (Å²) in [6.45, 7) is 0.854. The molecule has 106 valence electrons. The highest BCUT2D eigenvalue weighted by Gasteiger charge is 2.41. The average molecular weight is 283 g/mol. The second-order valence-corrected chi connectivity index (χ2v) is 5.34. The molecule has 0 radical (unpaired) electrons. The topological polar surface area (TPSA) is 51.0 Å². The summed E-state index contributed by atoms with van der Waals surface area (Å²) in [6.07, 6.45) is 0.365. The third-order valence-electron chi connectivity index (χ3n) is 3.94. The van der Waals surface area contributed by atoms with E-state index in [0.29, 0.717) is 18.8 Å². The van der Waals surface area contributed by atoms with Crippen LogP contribution in [0.3, 0.4) is 0 Å². The smallest absolute Gasteiger partial charge is 0.266 e. The van der Waals surface area contributed by atoms with Crippen LogP contribution in [0.1, 0.15) is 12.3 Å². The Kier molecular flexibility index (Phi) is 2.75. The fraction of sp³-hybridized carbons (Fsp3) is 0.250. The number of fused-ring (bicyclic) bond motifs is 1. The fourth-order valence-electron chi connectivity index (χ4n) is 2.78. The first-order chi connectivity index (χ1) is 10.3. The van der Waals surface area contributed by atoms with Gasteiger partial charge in [0.2, 0.25) is 11.5 Å². The number of hydrogen-bond donors (Lipinski definition) is 1. The van der Waals surface area contributed by atoms with E-state index in [1.807, 2.05) is 42.5 Å². The normalized spacial score (nSPS) is 22.0. The molecule has 1 N–H and O–H groups in total. The lowest BCUT2D eigenvalue weighted by Gasteiger charge is -2.11. The molecular weight excluding hydrogens is 269 g/mol. The Hall–Kier alpha value is -2.27. The Morgan fingerprint density at radius 3 is 2.86 bits per heavy atom. The van der Waals surface area contributed by atoms with Crippen LogP contribution in [-0.4, -0.2) is 23.2 Å². The van der Waals surface area contributed by atoms with E-state index in [-0.39, 0.29) is 12.4 Å². The lowest BCUT2D eigenvalue weighted by molar-refractivity contribution is 0.134. The van der Waals surface area contributed by atoms with E-state index in [0.717, 1.165) is 16.3 Å². The summed E-state index contributed by atoms with van der Waals surface area (Å²) < 4.78 is 19.8. The van der Waals surface area contributed by atoms with E-state index in [4.69, 9.17) is 4.52 Å². The number of aromatic nitrogens is 2. The minimum Gasteiger partial charge on any atom is -0.335 e. The zero-order valence-electron chi connectivity index (χ0n) is 11.3. The van der Waals surface area contributed by atoms with Crippen molar-refractivity contribution in [3.8, 4) is 11.4 Å². The number of rotatable bonds is 2. The highest BCUT2D eigenvalue weighted by molar-refractivity contribution is 5.94. The Morgan fingerprint density at radius 1 is 1.14 bits per heavy atom. The zero-order valence-corrected chi connectivity index (χ0v) is 11.3. The van der Waals surface area contributed by atoms with Gasteiger partial charge in [0, 0.05) is 18.5 Å². The number of alkyl halides is 1. The van der Waals surface area contributed by atoms with E-state index in [1.165, 1.54) is 0 Å². The molecule has 21 heavy (non-hydrogen) atoms. The summed E-state index contributed by atoms with van der Waals surface area (Å²) in [4.78, 5) is 4.29. The van der Waals surface area contributed by atoms with E-state index >= 15 is 0 Å².